The van der Waals surface area contributed by atoms with E-state index >= 15 is 0 Å². The Balaban J connectivity index is 1.75. The highest BCUT2D eigenvalue weighted by Crippen LogP contribution is 2.46. The summed E-state index contributed by atoms with van der Waals surface area (Å²) in [5.74, 6) is 0.778. The van der Waals surface area contributed by atoms with Gasteiger partial charge >= 0.3 is 5.97 Å². The predicted octanol–water partition coefficient (Wildman–Crippen LogP) is 3.17. The van der Waals surface area contributed by atoms with Crippen LogP contribution in [0, 0.1) is 6.92 Å². The molecule has 0 saturated heterocycles. The van der Waals surface area contributed by atoms with E-state index in [1.165, 1.54) is 35.0 Å². The van der Waals surface area contributed by atoms with Gasteiger partial charge in [0.1, 0.15) is 11.3 Å². The van der Waals surface area contributed by atoms with Crippen LogP contribution in [-0.4, -0.2) is 33.1 Å². The summed E-state index contributed by atoms with van der Waals surface area (Å²) in [6.07, 6.45) is 4.30. The average Bonchev–Trinajstić information content (AvgIpc) is 3.06. The van der Waals surface area contributed by atoms with Crippen LogP contribution in [0.15, 0.2) is 17.6 Å². The molecular weight excluding hydrogens is 306 g/mol. The van der Waals surface area contributed by atoms with Crippen molar-refractivity contribution in [2.24, 2.45) is 0 Å². The van der Waals surface area contributed by atoms with Crippen molar-refractivity contribution in [2.75, 3.05) is 12.4 Å². The zero-order chi connectivity index (χ0) is 14.8. The van der Waals surface area contributed by atoms with Gasteiger partial charge in [-0.1, -0.05) is 11.8 Å². The fourth-order valence-electron chi connectivity index (χ4n) is 2.15. The molecule has 0 radical (unpaired) electrons. The monoisotopic (exact) mass is 323 g/mol. The minimum Gasteiger partial charge on any atom is -0.465 e. The van der Waals surface area contributed by atoms with Crippen molar-refractivity contribution in [1.29, 1.82) is 0 Å². The Morgan fingerprint density at radius 2 is 2.38 bits per heavy atom. The Kier molecular flexibility index (Phi) is 4.30. The molecule has 7 heteroatoms. The molecule has 0 atom stereocenters. The zero-order valence-corrected chi connectivity index (χ0v) is 13.7. The summed E-state index contributed by atoms with van der Waals surface area (Å²) in [6.45, 7) is 4.36. The van der Waals surface area contributed by atoms with Crippen LogP contribution in [0.2, 0.25) is 0 Å². The third-order valence-electron chi connectivity index (χ3n) is 3.27. The van der Waals surface area contributed by atoms with E-state index in [9.17, 15) is 4.79 Å². The van der Waals surface area contributed by atoms with Crippen molar-refractivity contribution >= 4 is 29.1 Å². The molecule has 1 fully saturated rings. The maximum absolute atomic E-state index is 11.4. The lowest BCUT2D eigenvalue weighted by Crippen LogP contribution is -2.07. The zero-order valence-electron chi connectivity index (χ0n) is 12.0. The van der Waals surface area contributed by atoms with Crippen molar-refractivity contribution in [3.05, 3.63) is 22.8 Å². The molecule has 0 N–H and O–H groups in total. The first-order valence-corrected chi connectivity index (χ1v) is 8.78. The van der Waals surface area contributed by atoms with Gasteiger partial charge in [0.25, 0.3) is 0 Å². The highest BCUT2D eigenvalue weighted by atomic mass is 32.2. The van der Waals surface area contributed by atoms with E-state index in [0.717, 1.165) is 16.1 Å². The number of aromatic nitrogens is 3. The van der Waals surface area contributed by atoms with Gasteiger partial charge in [-0.3, -0.25) is 9.36 Å². The normalized spacial score (nSPS) is 14.4. The van der Waals surface area contributed by atoms with E-state index in [1.54, 1.807) is 24.6 Å². The molecule has 0 amide bonds. The molecular formula is C14H17N3O2S2. The molecule has 0 aromatic carbocycles. The molecule has 0 bridgehead atoms. The first-order chi connectivity index (χ1) is 10.2. The molecule has 5 nitrogen and oxygen atoms in total. The van der Waals surface area contributed by atoms with Crippen LogP contribution in [0.4, 0.5) is 0 Å². The molecule has 21 heavy (non-hydrogen) atoms. The average molecular weight is 323 g/mol. The van der Waals surface area contributed by atoms with E-state index in [-0.39, 0.29) is 11.7 Å². The van der Waals surface area contributed by atoms with E-state index < -0.39 is 0 Å². The number of aryl methyl sites for hydroxylation is 1. The number of hydrogen-bond acceptors (Lipinski definition) is 6. The smallest absolute Gasteiger partial charge is 0.316 e. The number of rotatable bonds is 6. The van der Waals surface area contributed by atoms with Crippen LogP contribution < -0.4 is 0 Å². The molecule has 2 aromatic rings. The van der Waals surface area contributed by atoms with Gasteiger partial charge in [-0.25, -0.2) is 0 Å². The Bertz CT molecular complexity index is 646. The van der Waals surface area contributed by atoms with Gasteiger partial charge in [-0.15, -0.1) is 21.5 Å². The molecule has 1 aliphatic rings. The second-order valence-electron chi connectivity index (χ2n) is 4.98. The van der Waals surface area contributed by atoms with E-state index in [1.807, 2.05) is 4.57 Å². The van der Waals surface area contributed by atoms with Crippen LogP contribution in [0.3, 0.4) is 0 Å². The SMILES string of the molecule is CCOC(=O)CSc1nncn1-c1cc(C)c(C2CC2)s1. The maximum Gasteiger partial charge on any atom is 0.316 e. The third-order valence-corrected chi connectivity index (χ3v) is 5.59. The lowest BCUT2D eigenvalue weighted by Gasteiger charge is -2.03. The molecule has 0 unspecified atom stereocenters. The van der Waals surface area contributed by atoms with Crippen LogP contribution in [0.1, 0.15) is 36.1 Å². The van der Waals surface area contributed by atoms with Gasteiger partial charge in [-0.05, 0) is 44.2 Å². The first-order valence-electron chi connectivity index (χ1n) is 6.98. The number of thiophene rings is 1. The second-order valence-corrected chi connectivity index (χ2v) is 6.99. The molecule has 0 aliphatic heterocycles. The lowest BCUT2D eigenvalue weighted by molar-refractivity contribution is -0.139. The molecule has 0 spiro atoms. The topological polar surface area (TPSA) is 57.0 Å². The minimum absolute atomic E-state index is 0.224. The highest BCUT2D eigenvalue weighted by Gasteiger charge is 2.27. The summed E-state index contributed by atoms with van der Waals surface area (Å²) in [7, 11) is 0. The largest absolute Gasteiger partial charge is 0.465 e. The summed E-state index contributed by atoms with van der Waals surface area (Å²) in [5, 5.41) is 9.91. The predicted molar refractivity (Wildman–Crippen MR) is 83.3 cm³/mol. The minimum atomic E-state index is -0.224. The van der Waals surface area contributed by atoms with Crippen molar-refractivity contribution < 1.29 is 9.53 Å². The number of thioether (sulfide) groups is 1. The summed E-state index contributed by atoms with van der Waals surface area (Å²) >= 11 is 3.16. The number of nitrogens with zero attached hydrogens (tertiary/aromatic N) is 3. The fourth-order valence-corrected chi connectivity index (χ4v) is 4.24. The van der Waals surface area contributed by atoms with Gasteiger partial charge in [0, 0.05) is 4.88 Å². The quantitative estimate of drug-likeness (QED) is 0.604. The number of hydrogen-bond donors (Lipinski definition) is 0. The van der Waals surface area contributed by atoms with Crippen LogP contribution >= 0.6 is 23.1 Å². The molecule has 112 valence electrons. The van der Waals surface area contributed by atoms with Crippen molar-refractivity contribution in [3.8, 4) is 5.00 Å². The van der Waals surface area contributed by atoms with Crippen molar-refractivity contribution in [1.82, 2.24) is 14.8 Å². The second kappa shape index (κ2) is 6.19. The van der Waals surface area contributed by atoms with Crippen molar-refractivity contribution in [2.45, 2.75) is 37.8 Å². The first kappa shape index (κ1) is 14.6. The van der Waals surface area contributed by atoms with Gasteiger partial charge in [0.05, 0.1) is 12.4 Å². The van der Waals surface area contributed by atoms with Gasteiger partial charge in [-0.2, -0.15) is 0 Å². The van der Waals surface area contributed by atoms with Crippen LogP contribution in [-0.2, 0) is 9.53 Å². The standard InChI is InChI=1S/C14H17N3O2S2/c1-3-19-12(18)7-20-14-16-15-8-17(14)11-6-9(2)13(21-11)10-4-5-10/h6,8,10H,3-5,7H2,1-2H3. The number of esters is 1. The number of ether oxygens (including phenoxy) is 1. The Morgan fingerprint density at radius 3 is 3.10 bits per heavy atom. The summed E-state index contributed by atoms with van der Waals surface area (Å²) < 4.78 is 6.89. The summed E-state index contributed by atoms with van der Waals surface area (Å²) in [6, 6.07) is 2.18. The molecule has 1 aliphatic carbocycles. The van der Waals surface area contributed by atoms with Crippen molar-refractivity contribution in [3.63, 3.8) is 0 Å². The van der Waals surface area contributed by atoms with E-state index in [2.05, 4.69) is 23.2 Å². The van der Waals surface area contributed by atoms with Crippen LogP contribution in [0.5, 0.6) is 0 Å². The van der Waals surface area contributed by atoms with Gasteiger partial charge in [0.2, 0.25) is 0 Å². The summed E-state index contributed by atoms with van der Waals surface area (Å²) in [5.41, 5.74) is 1.34. The number of carbonyl (C=O) groups is 1. The molecule has 1 saturated carbocycles. The third kappa shape index (κ3) is 3.29. The van der Waals surface area contributed by atoms with Gasteiger partial charge < -0.3 is 4.74 Å². The van der Waals surface area contributed by atoms with Crippen LogP contribution in [0.25, 0.3) is 5.00 Å². The Hall–Kier alpha value is -1.34. The summed E-state index contributed by atoms with van der Waals surface area (Å²) in [4.78, 5) is 12.9. The molecule has 3 rings (SSSR count). The maximum atomic E-state index is 11.4. The fraction of sp³-hybridized carbons (Fsp3) is 0.500. The van der Waals surface area contributed by atoms with E-state index in [4.69, 9.17) is 4.74 Å². The molecule has 2 aromatic heterocycles. The highest BCUT2D eigenvalue weighted by molar-refractivity contribution is 7.99. The van der Waals surface area contributed by atoms with E-state index in [0.29, 0.717) is 6.61 Å². The Morgan fingerprint density at radius 1 is 1.57 bits per heavy atom. The number of carbonyl (C=O) groups excluding carboxylic acids is 1. The van der Waals surface area contributed by atoms with Gasteiger partial charge in [0.15, 0.2) is 5.16 Å². The lowest BCUT2D eigenvalue weighted by atomic mass is 10.2. The molecule has 2 heterocycles. The Labute approximate surface area is 131 Å².